The second-order valence-electron chi connectivity index (χ2n) is 3.80. The fourth-order valence-electron chi connectivity index (χ4n) is 1.44. The third-order valence-corrected chi connectivity index (χ3v) is 3.66. The zero-order valence-electron chi connectivity index (χ0n) is 10.00. The van der Waals surface area contributed by atoms with Crippen LogP contribution in [0.2, 0.25) is 4.34 Å². The van der Waals surface area contributed by atoms with Crippen LogP contribution in [0.3, 0.4) is 0 Å². The van der Waals surface area contributed by atoms with E-state index < -0.39 is 18.3 Å². The fraction of sp³-hybridized carbons (Fsp3) is 0.0769. The van der Waals surface area contributed by atoms with Gasteiger partial charge in [0.2, 0.25) is 5.78 Å². The highest BCUT2D eigenvalue weighted by Crippen LogP contribution is 2.24. The number of phenolic OH excluding ortho intramolecular Hbond substituents is 2. The number of halogens is 1. The summed E-state index contributed by atoms with van der Waals surface area (Å²) in [5.41, 5.74) is -0.125. The number of Topliss-reactive ketones (excluding diaryl/α,β-unsaturated/α-hetero) is 1. The molecule has 104 valence electrons. The molecule has 2 aromatic rings. The molecule has 0 saturated carbocycles. The molecule has 5 nitrogen and oxygen atoms in total. The Morgan fingerprint density at radius 3 is 2.55 bits per heavy atom. The molecule has 0 fully saturated rings. The molecule has 7 heteroatoms. The first-order valence-electron chi connectivity index (χ1n) is 5.45. The molecular weight excluding hydrogens is 304 g/mol. The molecule has 2 rings (SSSR count). The molecule has 1 aromatic carbocycles. The summed E-state index contributed by atoms with van der Waals surface area (Å²) >= 11 is 6.79. The molecule has 0 unspecified atom stereocenters. The van der Waals surface area contributed by atoms with E-state index in [1.54, 1.807) is 12.1 Å². The van der Waals surface area contributed by atoms with Crippen LogP contribution in [-0.4, -0.2) is 28.6 Å². The number of hydrogen-bond acceptors (Lipinski definition) is 6. The molecule has 0 radical (unpaired) electrons. The number of carbonyl (C=O) groups excluding carboxylic acids is 2. The summed E-state index contributed by atoms with van der Waals surface area (Å²) in [6.07, 6.45) is 0. The maximum atomic E-state index is 11.7. The predicted molar refractivity (Wildman–Crippen MR) is 73.7 cm³/mol. The number of esters is 1. The van der Waals surface area contributed by atoms with Gasteiger partial charge in [-0.3, -0.25) is 4.79 Å². The quantitative estimate of drug-likeness (QED) is 0.670. The van der Waals surface area contributed by atoms with E-state index in [1.165, 1.54) is 12.1 Å². The van der Waals surface area contributed by atoms with E-state index in [0.717, 1.165) is 17.4 Å². The molecule has 0 aliphatic rings. The molecule has 2 N–H and O–H groups in total. The first-order valence-corrected chi connectivity index (χ1v) is 6.64. The van der Waals surface area contributed by atoms with Crippen molar-refractivity contribution in [1.82, 2.24) is 0 Å². The molecule has 0 amide bonds. The number of thiophene rings is 1. The van der Waals surface area contributed by atoms with Crippen molar-refractivity contribution in [2.75, 3.05) is 6.61 Å². The predicted octanol–water partition coefficient (Wildman–Crippen LogP) is 2.85. The van der Waals surface area contributed by atoms with Gasteiger partial charge >= 0.3 is 5.97 Å². The molecular formula is C13H9ClO5S. The van der Waals surface area contributed by atoms with E-state index in [1.807, 2.05) is 0 Å². The maximum Gasteiger partial charge on any atom is 0.342 e. The zero-order valence-corrected chi connectivity index (χ0v) is 11.6. The van der Waals surface area contributed by atoms with Gasteiger partial charge in [-0.25, -0.2) is 4.79 Å². The van der Waals surface area contributed by atoms with Crippen molar-refractivity contribution < 1.29 is 24.5 Å². The Kier molecular flexibility index (Phi) is 4.26. The topological polar surface area (TPSA) is 83.8 Å². The van der Waals surface area contributed by atoms with Gasteiger partial charge in [0.05, 0.1) is 9.21 Å². The lowest BCUT2D eigenvalue weighted by molar-refractivity contribution is 0.0473. The Bertz CT molecular complexity index is 665. The van der Waals surface area contributed by atoms with E-state index >= 15 is 0 Å². The Balaban J connectivity index is 2.00. The smallest absolute Gasteiger partial charge is 0.342 e. The molecule has 0 spiro atoms. The van der Waals surface area contributed by atoms with Crippen molar-refractivity contribution >= 4 is 34.7 Å². The van der Waals surface area contributed by atoms with Crippen LogP contribution >= 0.6 is 22.9 Å². The van der Waals surface area contributed by atoms with E-state index in [-0.39, 0.29) is 17.1 Å². The summed E-state index contributed by atoms with van der Waals surface area (Å²) in [6.45, 7) is -0.448. The second-order valence-corrected chi connectivity index (χ2v) is 5.52. The van der Waals surface area contributed by atoms with Gasteiger partial charge in [0.1, 0.15) is 17.1 Å². The van der Waals surface area contributed by atoms with Crippen molar-refractivity contribution in [2.24, 2.45) is 0 Å². The minimum Gasteiger partial charge on any atom is -0.508 e. The molecule has 20 heavy (non-hydrogen) atoms. The van der Waals surface area contributed by atoms with E-state index in [9.17, 15) is 14.7 Å². The van der Waals surface area contributed by atoms with Crippen molar-refractivity contribution in [3.05, 3.63) is 45.1 Å². The van der Waals surface area contributed by atoms with Crippen LogP contribution in [0.15, 0.2) is 30.3 Å². The average molecular weight is 313 g/mol. The molecule has 0 bridgehead atoms. The fourth-order valence-corrected chi connectivity index (χ4v) is 2.40. The second kappa shape index (κ2) is 5.94. The standard InChI is InChI=1S/C13H9ClO5S/c14-12-4-3-11(20-12)10(17)6-19-13(18)8-2-1-7(15)5-9(8)16/h1-5,15-16H,6H2. The largest absolute Gasteiger partial charge is 0.508 e. The van der Waals surface area contributed by atoms with Crippen molar-refractivity contribution in [3.63, 3.8) is 0 Å². The third-order valence-electron chi connectivity index (χ3n) is 2.38. The number of ketones is 1. The minimum atomic E-state index is -0.849. The monoisotopic (exact) mass is 312 g/mol. The summed E-state index contributed by atoms with van der Waals surface area (Å²) in [6, 6.07) is 6.57. The number of benzene rings is 1. The van der Waals surface area contributed by atoms with Crippen molar-refractivity contribution in [1.29, 1.82) is 0 Å². The lowest BCUT2D eigenvalue weighted by Gasteiger charge is -2.05. The zero-order chi connectivity index (χ0) is 14.7. The summed E-state index contributed by atoms with van der Waals surface area (Å²) in [7, 11) is 0. The van der Waals surface area contributed by atoms with Crippen LogP contribution in [0.25, 0.3) is 0 Å². The molecule has 0 atom stereocenters. The Labute approximate surface area is 123 Å². The molecule has 1 aromatic heterocycles. The van der Waals surface area contributed by atoms with Gasteiger partial charge in [-0.2, -0.15) is 0 Å². The van der Waals surface area contributed by atoms with Gasteiger partial charge in [-0.15, -0.1) is 11.3 Å². The summed E-state index contributed by atoms with van der Waals surface area (Å²) < 4.78 is 5.28. The Morgan fingerprint density at radius 2 is 1.95 bits per heavy atom. The molecule has 1 heterocycles. The average Bonchev–Trinajstić information content (AvgIpc) is 2.82. The van der Waals surface area contributed by atoms with Crippen LogP contribution < -0.4 is 0 Å². The Morgan fingerprint density at radius 1 is 1.20 bits per heavy atom. The summed E-state index contributed by atoms with van der Waals surface area (Å²) in [4.78, 5) is 23.8. The van der Waals surface area contributed by atoms with Gasteiger partial charge in [0.15, 0.2) is 6.61 Å². The van der Waals surface area contributed by atoms with Gasteiger partial charge in [-0.1, -0.05) is 11.6 Å². The van der Waals surface area contributed by atoms with E-state index in [2.05, 4.69) is 0 Å². The minimum absolute atomic E-state index is 0.125. The normalized spacial score (nSPS) is 10.2. The van der Waals surface area contributed by atoms with Gasteiger partial charge < -0.3 is 14.9 Å². The lowest BCUT2D eigenvalue weighted by Crippen LogP contribution is -2.13. The van der Waals surface area contributed by atoms with Gasteiger partial charge in [-0.05, 0) is 24.3 Å². The van der Waals surface area contributed by atoms with E-state index in [0.29, 0.717) is 9.21 Å². The SMILES string of the molecule is O=C(COC(=O)c1ccc(O)cc1O)c1ccc(Cl)s1. The number of ether oxygens (including phenoxy) is 1. The van der Waals surface area contributed by atoms with Crippen LogP contribution in [-0.2, 0) is 4.74 Å². The Hall–Kier alpha value is -2.05. The van der Waals surface area contributed by atoms with Crippen LogP contribution in [0.1, 0.15) is 20.0 Å². The summed E-state index contributed by atoms with van der Waals surface area (Å²) in [5.74, 6) is -1.82. The van der Waals surface area contributed by atoms with Crippen molar-refractivity contribution in [2.45, 2.75) is 0 Å². The maximum absolute atomic E-state index is 11.7. The first kappa shape index (κ1) is 14.4. The van der Waals surface area contributed by atoms with Gasteiger partial charge in [0.25, 0.3) is 0 Å². The summed E-state index contributed by atoms with van der Waals surface area (Å²) in [5, 5.41) is 18.6. The number of carbonyl (C=O) groups is 2. The lowest BCUT2D eigenvalue weighted by atomic mass is 10.2. The van der Waals surface area contributed by atoms with Crippen LogP contribution in [0.5, 0.6) is 11.5 Å². The highest BCUT2D eigenvalue weighted by Gasteiger charge is 2.16. The van der Waals surface area contributed by atoms with Crippen LogP contribution in [0, 0.1) is 0 Å². The number of phenols is 2. The molecule has 0 aliphatic heterocycles. The van der Waals surface area contributed by atoms with Gasteiger partial charge in [0, 0.05) is 6.07 Å². The molecule has 0 saturated heterocycles. The molecule has 0 aliphatic carbocycles. The van der Waals surface area contributed by atoms with Crippen LogP contribution in [0.4, 0.5) is 0 Å². The number of aromatic hydroxyl groups is 2. The number of rotatable bonds is 4. The third kappa shape index (κ3) is 3.28. The highest BCUT2D eigenvalue weighted by molar-refractivity contribution is 7.18. The highest BCUT2D eigenvalue weighted by atomic mass is 35.5. The van der Waals surface area contributed by atoms with E-state index in [4.69, 9.17) is 21.4 Å². The van der Waals surface area contributed by atoms with Crippen molar-refractivity contribution in [3.8, 4) is 11.5 Å². The number of hydrogen-bond donors (Lipinski definition) is 2. The first-order chi connectivity index (χ1) is 9.47.